The minimum atomic E-state index is -1.01. The van der Waals surface area contributed by atoms with Crippen LogP contribution in [0.15, 0.2) is 12.1 Å². The van der Waals surface area contributed by atoms with Gasteiger partial charge < -0.3 is 10.3 Å². The van der Waals surface area contributed by atoms with Gasteiger partial charge in [-0.2, -0.15) is 0 Å². The summed E-state index contributed by atoms with van der Waals surface area (Å²) in [6, 6.07) is 2.40. The molecule has 0 saturated heterocycles. The van der Waals surface area contributed by atoms with E-state index in [-0.39, 0.29) is 18.5 Å². The molecule has 5 nitrogen and oxygen atoms in total. The number of amides is 1. The number of halogens is 2. The van der Waals surface area contributed by atoms with Gasteiger partial charge in [-0.1, -0.05) is 0 Å². The Labute approximate surface area is 107 Å². The second-order valence-electron chi connectivity index (χ2n) is 4.00. The third-order valence-corrected chi connectivity index (χ3v) is 2.56. The number of benzene rings is 1. The van der Waals surface area contributed by atoms with Gasteiger partial charge in [-0.05, 0) is 12.1 Å². The summed E-state index contributed by atoms with van der Waals surface area (Å²) in [6.07, 6.45) is 0.286. The quantitative estimate of drug-likeness (QED) is 0.814. The number of ketones is 1. The molecule has 0 aliphatic heterocycles. The molecule has 0 fully saturated rings. The predicted octanol–water partition coefficient (Wildman–Crippen LogP) is 1.09. The lowest BCUT2D eigenvalue weighted by Gasteiger charge is -1.99. The zero-order valence-corrected chi connectivity index (χ0v) is 10.1. The van der Waals surface area contributed by atoms with E-state index in [1.54, 1.807) is 0 Å². The smallest absolute Gasteiger partial charge is 0.287 e. The maximum Gasteiger partial charge on any atom is 0.287 e. The van der Waals surface area contributed by atoms with Crippen LogP contribution in [0.5, 0.6) is 0 Å². The largest absolute Gasteiger partial charge is 0.349 e. The number of hydrogen-bond acceptors (Lipinski definition) is 3. The van der Waals surface area contributed by atoms with Crippen molar-refractivity contribution in [2.24, 2.45) is 0 Å². The maximum absolute atomic E-state index is 13.4. The van der Waals surface area contributed by atoms with Crippen LogP contribution in [-0.4, -0.2) is 28.2 Å². The predicted molar refractivity (Wildman–Crippen MR) is 63.4 cm³/mol. The lowest BCUT2D eigenvalue weighted by molar-refractivity contribution is -0.136. The average molecular weight is 267 g/mol. The molecule has 100 valence electrons. The van der Waals surface area contributed by atoms with E-state index in [4.69, 9.17) is 0 Å². The van der Waals surface area contributed by atoms with Crippen LogP contribution in [0.1, 0.15) is 12.7 Å². The molecule has 0 atom stereocenters. The summed E-state index contributed by atoms with van der Waals surface area (Å²) in [5, 5.41) is 2.38. The third-order valence-electron chi connectivity index (χ3n) is 2.56. The van der Waals surface area contributed by atoms with Gasteiger partial charge in [-0.25, -0.2) is 13.8 Å². The van der Waals surface area contributed by atoms with Crippen molar-refractivity contribution in [2.75, 3.05) is 6.54 Å². The Hall–Kier alpha value is -2.31. The zero-order chi connectivity index (χ0) is 14.0. The van der Waals surface area contributed by atoms with E-state index in [9.17, 15) is 18.4 Å². The number of rotatable bonds is 4. The van der Waals surface area contributed by atoms with E-state index in [1.165, 1.54) is 6.07 Å². The number of nitrogens with one attached hydrogen (secondary N) is 2. The molecule has 0 radical (unpaired) electrons. The molecular weight excluding hydrogens is 256 g/mol. The molecule has 0 spiro atoms. The number of hydrogen-bond donors (Lipinski definition) is 2. The van der Waals surface area contributed by atoms with Crippen molar-refractivity contribution in [2.45, 2.75) is 13.3 Å². The number of aromatic amines is 1. The molecule has 0 aliphatic carbocycles. The number of imidazole rings is 1. The minimum absolute atomic E-state index is 0.0760. The first-order chi connectivity index (χ1) is 8.99. The van der Waals surface area contributed by atoms with Gasteiger partial charge in [0.05, 0.1) is 5.52 Å². The minimum Gasteiger partial charge on any atom is -0.349 e. The number of carbonyl (C=O) groups is 2. The van der Waals surface area contributed by atoms with E-state index < -0.39 is 23.3 Å². The van der Waals surface area contributed by atoms with Crippen molar-refractivity contribution in [3.8, 4) is 0 Å². The van der Waals surface area contributed by atoms with Gasteiger partial charge >= 0.3 is 0 Å². The van der Waals surface area contributed by atoms with Gasteiger partial charge in [0.1, 0.15) is 11.3 Å². The van der Waals surface area contributed by atoms with Crippen LogP contribution >= 0.6 is 0 Å². The summed E-state index contributed by atoms with van der Waals surface area (Å²) in [5.74, 6) is -2.84. The van der Waals surface area contributed by atoms with Crippen molar-refractivity contribution in [3.05, 3.63) is 29.6 Å². The highest BCUT2D eigenvalue weighted by molar-refractivity contribution is 6.35. The highest BCUT2D eigenvalue weighted by Gasteiger charge is 2.12. The molecule has 1 amide bonds. The van der Waals surface area contributed by atoms with Crippen LogP contribution in [0.3, 0.4) is 0 Å². The molecule has 19 heavy (non-hydrogen) atoms. The number of Topliss-reactive ketones (excluding diaryl/α,β-unsaturated/α-hetero) is 1. The first-order valence-corrected chi connectivity index (χ1v) is 5.60. The molecule has 0 aliphatic rings. The Balaban J connectivity index is 2.08. The van der Waals surface area contributed by atoms with Gasteiger partial charge in [0, 0.05) is 19.9 Å². The molecule has 7 heteroatoms. The van der Waals surface area contributed by atoms with Crippen molar-refractivity contribution < 1.29 is 18.4 Å². The Bertz CT molecular complexity index is 652. The van der Waals surface area contributed by atoms with Gasteiger partial charge in [0.15, 0.2) is 11.6 Å². The molecule has 1 aromatic heterocycles. The number of H-pyrrole nitrogens is 1. The highest BCUT2D eigenvalue weighted by atomic mass is 19.2. The SMILES string of the molecule is CC(=O)C(=O)NCCc1nc2c(F)c(F)ccc2[nH]1. The normalized spacial score (nSPS) is 10.7. The Morgan fingerprint density at radius 2 is 2.11 bits per heavy atom. The summed E-state index contributed by atoms with van der Waals surface area (Å²) in [5.41, 5.74) is 0.305. The molecule has 1 aromatic carbocycles. The lowest BCUT2D eigenvalue weighted by Crippen LogP contribution is -2.31. The van der Waals surface area contributed by atoms with Crippen LogP contribution in [0.2, 0.25) is 0 Å². The fraction of sp³-hybridized carbons (Fsp3) is 0.250. The molecule has 0 bridgehead atoms. The van der Waals surface area contributed by atoms with Gasteiger partial charge in [-0.3, -0.25) is 9.59 Å². The van der Waals surface area contributed by atoms with Crippen molar-refractivity contribution in [1.82, 2.24) is 15.3 Å². The van der Waals surface area contributed by atoms with Crippen LogP contribution in [0, 0.1) is 11.6 Å². The van der Waals surface area contributed by atoms with E-state index >= 15 is 0 Å². The lowest BCUT2D eigenvalue weighted by atomic mass is 10.3. The highest BCUT2D eigenvalue weighted by Crippen LogP contribution is 2.18. The van der Waals surface area contributed by atoms with Crippen LogP contribution in [-0.2, 0) is 16.0 Å². The Morgan fingerprint density at radius 3 is 2.79 bits per heavy atom. The number of carbonyl (C=O) groups excluding carboxylic acids is 2. The molecule has 2 aromatic rings. The zero-order valence-electron chi connectivity index (χ0n) is 10.1. The Kier molecular flexibility index (Phi) is 3.55. The van der Waals surface area contributed by atoms with E-state index in [1.807, 2.05) is 0 Å². The first kappa shape index (κ1) is 13.1. The second-order valence-corrected chi connectivity index (χ2v) is 4.00. The second kappa shape index (κ2) is 5.13. The molecule has 2 N–H and O–H groups in total. The van der Waals surface area contributed by atoms with Gasteiger partial charge in [0.25, 0.3) is 5.91 Å². The standard InChI is InChI=1S/C12H11F2N3O2/c1-6(18)12(19)15-5-4-9-16-8-3-2-7(13)10(14)11(8)17-9/h2-3H,4-5H2,1H3,(H,15,19)(H,16,17). The van der Waals surface area contributed by atoms with Crippen molar-refractivity contribution >= 4 is 22.7 Å². The molecular formula is C12H11F2N3O2. The number of fused-ring (bicyclic) bond motifs is 1. The molecule has 0 saturated carbocycles. The average Bonchev–Trinajstić information content (AvgIpc) is 2.77. The summed E-state index contributed by atoms with van der Waals surface area (Å²) in [4.78, 5) is 28.4. The Morgan fingerprint density at radius 1 is 1.37 bits per heavy atom. The maximum atomic E-state index is 13.4. The van der Waals surface area contributed by atoms with Gasteiger partial charge in [0.2, 0.25) is 5.78 Å². The monoisotopic (exact) mass is 267 g/mol. The van der Waals surface area contributed by atoms with Crippen LogP contribution < -0.4 is 5.32 Å². The van der Waals surface area contributed by atoms with E-state index in [2.05, 4.69) is 15.3 Å². The van der Waals surface area contributed by atoms with Crippen LogP contribution in [0.25, 0.3) is 11.0 Å². The summed E-state index contributed by atoms with van der Waals surface area (Å²) >= 11 is 0. The summed E-state index contributed by atoms with van der Waals surface area (Å²) in [6.45, 7) is 1.34. The van der Waals surface area contributed by atoms with E-state index in [0.29, 0.717) is 11.3 Å². The van der Waals surface area contributed by atoms with Crippen molar-refractivity contribution in [3.63, 3.8) is 0 Å². The van der Waals surface area contributed by atoms with Crippen LogP contribution in [0.4, 0.5) is 8.78 Å². The number of aromatic nitrogens is 2. The number of nitrogens with zero attached hydrogens (tertiary/aromatic N) is 1. The topological polar surface area (TPSA) is 74.8 Å². The van der Waals surface area contributed by atoms with Crippen molar-refractivity contribution in [1.29, 1.82) is 0 Å². The summed E-state index contributed by atoms with van der Waals surface area (Å²) < 4.78 is 26.4. The molecule has 0 unspecified atom stereocenters. The van der Waals surface area contributed by atoms with Gasteiger partial charge in [-0.15, -0.1) is 0 Å². The fourth-order valence-corrected chi connectivity index (χ4v) is 1.61. The molecule has 2 rings (SSSR count). The molecule has 1 heterocycles. The first-order valence-electron chi connectivity index (χ1n) is 5.60. The fourth-order valence-electron chi connectivity index (χ4n) is 1.61. The third kappa shape index (κ3) is 2.75. The summed E-state index contributed by atoms with van der Waals surface area (Å²) in [7, 11) is 0. The van der Waals surface area contributed by atoms with E-state index in [0.717, 1.165) is 13.0 Å².